The summed E-state index contributed by atoms with van der Waals surface area (Å²) in [7, 11) is 0. The predicted octanol–water partition coefficient (Wildman–Crippen LogP) is 5.63. The molecule has 0 bridgehead atoms. The molecule has 1 aliphatic rings. The second-order valence-electron chi connectivity index (χ2n) is 5.72. The highest BCUT2D eigenvalue weighted by Crippen LogP contribution is 2.35. The summed E-state index contributed by atoms with van der Waals surface area (Å²) in [5.74, 6) is 0. The molecule has 0 fully saturated rings. The van der Waals surface area contributed by atoms with Crippen molar-refractivity contribution in [2.45, 2.75) is 51.5 Å². The van der Waals surface area contributed by atoms with Crippen LogP contribution in [0.5, 0.6) is 0 Å². The van der Waals surface area contributed by atoms with Gasteiger partial charge in [-0.2, -0.15) is 0 Å². The fourth-order valence-electron chi connectivity index (χ4n) is 2.94. The first-order chi connectivity index (χ1) is 10.3. The lowest BCUT2D eigenvalue weighted by atomic mass is 9.98. The zero-order valence-electron chi connectivity index (χ0n) is 12.5. The molecule has 4 heteroatoms. The number of thiophene rings is 2. The minimum absolute atomic E-state index is 0.440. The van der Waals surface area contributed by atoms with Crippen LogP contribution in [0.3, 0.4) is 0 Å². The topological polar surface area (TPSA) is 12.0 Å². The van der Waals surface area contributed by atoms with E-state index in [2.05, 4.69) is 24.4 Å². The fraction of sp³-hybridized carbons (Fsp3) is 0.529. The van der Waals surface area contributed by atoms with E-state index in [9.17, 15) is 0 Å². The molecule has 21 heavy (non-hydrogen) atoms. The molecule has 2 heterocycles. The van der Waals surface area contributed by atoms with Gasteiger partial charge in [-0.3, -0.25) is 0 Å². The highest BCUT2D eigenvalue weighted by Gasteiger charge is 2.19. The van der Waals surface area contributed by atoms with Gasteiger partial charge in [-0.25, -0.2) is 0 Å². The molecule has 0 amide bonds. The lowest BCUT2D eigenvalue weighted by Gasteiger charge is -2.16. The van der Waals surface area contributed by atoms with E-state index in [-0.39, 0.29) is 0 Å². The number of hydrogen-bond donors (Lipinski definition) is 1. The normalized spacial score (nSPS) is 15.9. The number of rotatable bonds is 6. The molecule has 0 spiro atoms. The quantitative estimate of drug-likeness (QED) is 0.719. The van der Waals surface area contributed by atoms with Crippen LogP contribution in [0.1, 0.15) is 52.4 Å². The third kappa shape index (κ3) is 3.89. The molecule has 1 atom stereocenters. The highest BCUT2D eigenvalue weighted by atomic mass is 35.5. The van der Waals surface area contributed by atoms with E-state index in [0.29, 0.717) is 6.04 Å². The van der Waals surface area contributed by atoms with Gasteiger partial charge >= 0.3 is 0 Å². The van der Waals surface area contributed by atoms with E-state index in [0.717, 1.165) is 17.3 Å². The first kappa shape index (κ1) is 15.5. The number of nitrogens with one attached hydrogen (secondary N) is 1. The van der Waals surface area contributed by atoms with Crippen molar-refractivity contribution in [2.24, 2.45) is 0 Å². The van der Waals surface area contributed by atoms with Gasteiger partial charge in [-0.15, -0.1) is 22.7 Å². The van der Waals surface area contributed by atoms with E-state index in [4.69, 9.17) is 11.6 Å². The van der Waals surface area contributed by atoms with Gasteiger partial charge in [-0.1, -0.05) is 18.5 Å². The Bertz CT molecular complexity index is 564. The highest BCUT2D eigenvalue weighted by molar-refractivity contribution is 7.16. The minimum Gasteiger partial charge on any atom is -0.309 e. The molecule has 3 rings (SSSR count). The average Bonchev–Trinajstić information content (AvgIpc) is 3.09. The maximum absolute atomic E-state index is 6.08. The summed E-state index contributed by atoms with van der Waals surface area (Å²) >= 11 is 9.82. The first-order valence-electron chi connectivity index (χ1n) is 7.85. The molecule has 1 unspecified atom stereocenters. The van der Waals surface area contributed by atoms with Crippen LogP contribution in [0.2, 0.25) is 4.34 Å². The van der Waals surface area contributed by atoms with Gasteiger partial charge in [0, 0.05) is 27.1 Å². The van der Waals surface area contributed by atoms with E-state index >= 15 is 0 Å². The average molecular weight is 340 g/mol. The standard InChI is InChI=1S/C17H22ClNS2/c1-2-9-19-14(11-13-7-8-17(18)20-13)16-10-12-5-3-4-6-15(12)21-16/h7-8,10,14,19H,2-6,9,11H2,1H3. The molecule has 2 aromatic heterocycles. The van der Waals surface area contributed by atoms with E-state index in [1.807, 2.05) is 17.4 Å². The summed E-state index contributed by atoms with van der Waals surface area (Å²) in [6.07, 6.45) is 7.50. The van der Waals surface area contributed by atoms with E-state index in [1.165, 1.54) is 41.9 Å². The van der Waals surface area contributed by atoms with Gasteiger partial charge < -0.3 is 5.32 Å². The SMILES string of the molecule is CCCNC(Cc1ccc(Cl)s1)c1cc2c(s1)CCCC2. The number of halogens is 1. The summed E-state index contributed by atoms with van der Waals surface area (Å²) in [6, 6.07) is 7.08. The predicted molar refractivity (Wildman–Crippen MR) is 95.0 cm³/mol. The molecule has 0 aliphatic heterocycles. The van der Waals surface area contributed by atoms with Crippen molar-refractivity contribution in [1.29, 1.82) is 0 Å². The third-order valence-electron chi connectivity index (χ3n) is 4.03. The van der Waals surface area contributed by atoms with Crippen molar-refractivity contribution in [3.8, 4) is 0 Å². The third-order valence-corrected chi connectivity index (χ3v) is 6.64. The summed E-state index contributed by atoms with van der Waals surface area (Å²) in [5, 5.41) is 3.73. The van der Waals surface area contributed by atoms with Gasteiger partial charge in [-0.05, 0) is 62.4 Å². The molecule has 0 saturated heterocycles. The van der Waals surface area contributed by atoms with Crippen LogP contribution in [-0.2, 0) is 19.3 Å². The fourth-order valence-corrected chi connectivity index (χ4v) is 5.41. The molecule has 1 N–H and O–H groups in total. The molecule has 0 saturated carbocycles. The maximum Gasteiger partial charge on any atom is 0.0931 e. The van der Waals surface area contributed by atoms with Gasteiger partial charge in [0.1, 0.15) is 0 Å². The van der Waals surface area contributed by atoms with Crippen LogP contribution in [0.15, 0.2) is 18.2 Å². The Labute approximate surface area is 140 Å². The summed E-state index contributed by atoms with van der Waals surface area (Å²) in [4.78, 5) is 4.52. The maximum atomic E-state index is 6.08. The molecule has 0 radical (unpaired) electrons. The molecular weight excluding hydrogens is 318 g/mol. The molecule has 2 aromatic rings. The smallest absolute Gasteiger partial charge is 0.0931 e. The summed E-state index contributed by atoms with van der Waals surface area (Å²) < 4.78 is 0.893. The largest absolute Gasteiger partial charge is 0.309 e. The Balaban J connectivity index is 1.79. The van der Waals surface area contributed by atoms with Gasteiger partial charge in [0.25, 0.3) is 0 Å². The lowest BCUT2D eigenvalue weighted by Crippen LogP contribution is -2.23. The van der Waals surface area contributed by atoms with Gasteiger partial charge in [0.05, 0.1) is 4.34 Å². The van der Waals surface area contributed by atoms with Crippen LogP contribution in [-0.4, -0.2) is 6.54 Å². The van der Waals surface area contributed by atoms with Crippen molar-refractivity contribution in [1.82, 2.24) is 5.32 Å². The number of aryl methyl sites for hydroxylation is 2. The lowest BCUT2D eigenvalue weighted by molar-refractivity contribution is 0.539. The number of hydrogen-bond acceptors (Lipinski definition) is 3. The molecule has 114 valence electrons. The van der Waals surface area contributed by atoms with Crippen molar-refractivity contribution in [2.75, 3.05) is 6.54 Å². The Morgan fingerprint density at radius 2 is 2.10 bits per heavy atom. The minimum atomic E-state index is 0.440. The first-order valence-corrected chi connectivity index (χ1v) is 9.86. The second-order valence-corrected chi connectivity index (χ2v) is 8.69. The zero-order chi connectivity index (χ0) is 14.7. The van der Waals surface area contributed by atoms with Crippen molar-refractivity contribution in [3.63, 3.8) is 0 Å². The Kier molecular flexibility index (Phi) is 5.38. The van der Waals surface area contributed by atoms with Gasteiger partial charge in [0.2, 0.25) is 0 Å². The molecule has 1 aliphatic carbocycles. The van der Waals surface area contributed by atoms with Crippen LogP contribution >= 0.6 is 34.3 Å². The van der Waals surface area contributed by atoms with Crippen LogP contribution in [0, 0.1) is 0 Å². The Morgan fingerprint density at radius 1 is 1.24 bits per heavy atom. The molecule has 0 aromatic carbocycles. The zero-order valence-corrected chi connectivity index (χ0v) is 14.8. The van der Waals surface area contributed by atoms with Crippen molar-refractivity contribution in [3.05, 3.63) is 42.7 Å². The molecular formula is C17H22ClNS2. The molecule has 1 nitrogen and oxygen atoms in total. The summed E-state index contributed by atoms with van der Waals surface area (Å²) in [5.41, 5.74) is 1.61. The second kappa shape index (κ2) is 7.28. The number of fused-ring (bicyclic) bond motifs is 1. The van der Waals surface area contributed by atoms with E-state index in [1.54, 1.807) is 21.8 Å². The van der Waals surface area contributed by atoms with Crippen molar-refractivity contribution >= 4 is 34.3 Å². The van der Waals surface area contributed by atoms with E-state index < -0.39 is 0 Å². The van der Waals surface area contributed by atoms with Crippen LogP contribution in [0.4, 0.5) is 0 Å². The summed E-state index contributed by atoms with van der Waals surface area (Å²) in [6.45, 7) is 3.30. The van der Waals surface area contributed by atoms with Crippen LogP contribution in [0.25, 0.3) is 0 Å². The Morgan fingerprint density at radius 3 is 2.81 bits per heavy atom. The van der Waals surface area contributed by atoms with Crippen molar-refractivity contribution < 1.29 is 0 Å². The van der Waals surface area contributed by atoms with Gasteiger partial charge in [0.15, 0.2) is 0 Å². The monoisotopic (exact) mass is 339 g/mol. The Hall–Kier alpha value is -0.350. The van der Waals surface area contributed by atoms with Crippen LogP contribution < -0.4 is 5.32 Å².